The van der Waals surface area contributed by atoms with Gasteiger partial charge in [-0.1, -0.05) is 53.7 Å². The molecule has 0 aliphatic carbocycles. The van der Waals surface area contributed by atoms with Crippen LogP contribution in [0.4, 0.5) is 11.4 Å². The Morgan fingerprint density at radius 3 is 2.36 bits per heavy atom. The van der Waals surface area contributed by atoms with E-state index in [0.717, 1.165) is 33.6 Å². The minimum atomic E-state index is -0.179. The fourth-order valence-corrected chi connectivity index (χ4v) is 4.37. The monoisotopic (exact) mass is 463 g/mol. The van der Waals surface area contributed by atoms with E-state index >= 15 is 0 Å². The van der Waals surface area contributed by atoms with Crippen LogP contribution in [0.15, 0.2) is 54.2 Å². The lowest BCUT2D eigenvalue weighted by molar-refractivity contribution is -0.116. The minimum Gasteiger partial charge on any atom is -0.325 e. The molecule has 2 N–H and O–H groups in total. The summed E-state index contributed by atoms with van der Waals surface area (Å²) in [5, 5.41) is 14.9. The maximum Gasteiger partial charge on any atom is 0.234 e. The first-order chi connectivity index (χ1) is 15.8. The summed E-state index contributed by atoms with van der Waals surface area (Å²) in [6.45, 7) is 12.2. The molecule has 0 unspecified atom stereocenters. The van der Waals surface area contributed by atoms with Gasteiger partial charge in [0, 0.05) is 17.9 Å². The molecule has 172 valence electrons. The first-order valence-electron chi connectivity index (χ1n) is 10.7. The highest BCUT2D eigenvalue weighted by Gasteiger charge is 2.17. The molecule has 1 aromatic heterocycles. The van der Waals surface area contributed by atoms with Crippen LogP contribution in [-0.4, -0.2) is 32.3 Å². The quantitative estimate of drug-likeness (QED) is 0.357. The lowest BCUT2D eigenvalue weighted by atomic mass is 10.1. The average Bonchev–Trinajstić information content (AvgIpc) is 3.12. The summed E-state index contributed by atoms with van der Waals surface area (Å²) in [6.07, 6.45) is 1.79. The van der Waals surface area contributed by atoms with Gasteiger partial charge in [0.1, 0.15) is 5.82 Å². The van der Waals surface area contributed by atoms with Gasteiger partial charge in [0.2, 0.25) is 11.8 Å². The van der Waals surface area contributed by atoms with Crippen molar-refractivity contribution in [3.8, 4) is 0 Å². The highest BCUT2D eigenvalue weighted by Crippen LogP contribution is 2.23. The molecular formula is C25H29N5O2S. The van der Waals surface area contributed by atoms with Gasteiger partial charge in [-0.3, -0.25) is 9.59 Å². The van der Waals surface area contributed by atoms with Crippen LogP contribution < -0.4 is 10.6 Å². The zero-order valence-corrected chi connectivity index (χ0v) is 20.3. The Hall–Kier alpha value is -3.39. The van der Waals surface area contributed by atoms with Crippen LogP contribution in [0, 0.1) is 27.7 Å². The molecule has 2 aromatic carbocycles. The van der Waals surface area contributed by atoms with E-state index in [2.05, 4.69) is 27.4 Å². The van der Waals surface area contributed by atoms with Crippen molar-refractivity contribution in [2.45, 2.75) is 45.8 Å². The van der Waals surface area contributed by atoms with Crippen LogP contribution in [0.25, 0.3) is 0 Å². The van der Waals surface area contributed by atoms with Crippen molar-refractivity contribution in [3.63, 3.8) is 0 Å². The normalized spacial score (nSPS) is 10.7. The molecule has 3 aromatic rings. The molecular weight excluding hydrogens is 434 g/mol. The first kappa shape index (κ1) is 24.3. The predicted octanol–water partition coefficient (Wildman–Crippen LogP) is 4.61. The fraction of sp³-hybridized carbons (Fsp3) is 0.280. The zero-order chi connectivity index (χ0) is 24.0. The lowest BCUT2D eigenvalue weighted by Gasteiger charge is -2.13. The van der Waals surface area contributed by atoms with Crippen molar-refractivity contribution in [2.24, 2.45) is 0 Å². The van der Waals surface area contributed by atoms with Gasteiger partial charge in [0.15, 0.2) is 5.16 Å². The van der Waals surface area contributed by atoms with Crippen LogP contribution in [0.2, 0.25) is 0 Å². The molecule has 0 spiro atoms. The van der Waals surface area contributed by atoms with Crippen LogP contribution >= 0.6 is 11.8 Å². The molecule has 0 aliphatic rings. The predicted molar refractivity (Wildman–Crippen MR) is 134 cm³/mol. The Morgan fingerprint density at radius 1 is 1.00 bits per heavy atom. The number of nitrogens with zero attached hydrogens (tertiary/aromatic N) is 3. The van der Waals surface area contributed by atoms with Crippen molar-refractivity contribution in [1.82, 2.24) is 14.8 Å². The molecule has 0 saturated carbocycles. The summed E-state index contributed by atoms with van der Waals surface area (Å²) in [5.41, 5.74) is 5.82. The summed E-state index contributed by atoms with van der Waals surface area (Å²) < 4.78 is 1.81. The van der Waals surface area contributed by atoms with E-state index in [-0.39, 0.29) is 24.0 Å². The van der Waals surface area contributed by atoms with Gasteiger partial charge in [-0.2, -0.15) is 0 Å². The number of rotatable bonds is 9. The molecule has 7 nitrogen and oxygen atoms in total. The van der Waals surface area contributed by atoms with Crippen LogP contribution in [0.3, 0.4) is 0 Å². The van der Waals surface area contributed by atoms with Gasteiger partial charge in [-0.05, 0) is 50.5 Å². The largest absolute Gasteiger partial charge is 0.325 e. The van der Waals surface area contributed by atoms with Crippen LogP contribution in [-0.2, 0) is 22.6 Å². The van der Waals surface area contributed by atoms with Gasteiger partial charge < -0.3 is 15.2 Å². The smallest absolute Gasteiger partial charge is 0.234 e. The Bertz CT molecular complexity index is 1160. The maximum absolute atomic E-state index is 12.6. The fourth-order valence-electron chi connectivity index (χ4n) is 3.60. The number of amides is 2. The molecule has 2 amide bonds. The van der Waals surface area contributed by atoms with Crippen LogP contribution in [0.5, 0.6) is 0 Å². The molecule has 0 radical (unpaired) electrons. The number of allylic oxidation sites excluding steroid dienone is 1. The molecule has 3 rings (SSSR count). The number of hydrogen-bond donors (Lipinski definition) is 2. The Balaban J connectivity index is 1.65. The Kier molecular flexibility index (Phi) is 8.06. The summed E-state index contributed by atoms with van der Waals surface area (Å²) >= 11 is 1.28. The summed E-state index contributed by atoms with van der Waals surface area (Å²) in [4.78, 5) is 25.2. The van der Waals surface area contributed by atoms with E-state index in [9.17, 15) is 9.59 Å². The van der Waals surface area contributed by atoms with Crippen molar-refractivity contribution < 1.29 is 9.59 Å². The van der Waals surface area contributed by atoms with Crippen molar-refractivity contribution in [2.75, 3.05) is 16.4 Å². The number of carbonyl (C=O) groups is 2. The first-order valence-corrected chi connectivity index (χ1v) is 11.7. The van der Waals surface area contributed by atoms with Gasteiger partial charge in [-0.25, -0.2) is 0 Å². The van der Waals surface area contributed by atoms with Gasteiger partial charge in [-0.15, -0.1) is 16.8 Å². The number of nitrogens with one attached hydrogen (secondary N) is 2. The highest BCUT2D eigenvalue weighted by molar-refractivity contribution is 7.99. The highest BCUT2D eigenvalue weighted by atomic mass is 32.2. The second-order valence-corrected chi connectivity index (χ2v) is 8.89. The van der Waals surface area contributed by atoms with Gasteiger partial charge in [0.25, 0.3) is 0 Å². The molecule has 33 heavy (non-hydrogen) atoms. The van der Waals surface area contributed by atoms with E-state index < -0.39 is 0 Å². The number of anilines is 2. The van der Waals surface area contributed by atoms with E-state index in [1.807, 2.05) is 68.7 Å². The minimum absolute atomic E-state index is 0.0731. The SMILES string of the molecule is C=CCn1c(CC(=O)Nc2ccccc2C)nnc1SCC(=O)Nc1c(C)cc(C)cc1C. The molecule has 8 heteroatoms. The summed E-state index contributed by atoms with van der Waals surface area (Å²) in [5.74, 6) is 0.398. The standard InChI is InChI=1S/C25H29N5O2S/c1-6-11-30-21(14-22(31)26-20-10-8-7-9-17(20)3)28-29-25(30)33-15-23(32)27-24-18(4)12-16(2)13-19(24)5/h6-10,12-13H,1,11,14-15H2,2-5H3,(H,26,31)(H,27,32). The number of aryl methyl sites for hydroxylation is 4. The van der Waals surface area contributed by atoms with Gasteiger partial charge >= 0.3 is 0 Å². The molecule has 0 fully saturated rings. The number of benzene rings is 2. The molecule has 0 aliphatic heterocycles. The van der Waals surface area contributed by atoms with E-state index in [1.165, 1.54) is 11.8 Å². The van der Waals surface area contributed by atoms with E-state index in [0.29, 0.717) is 17.5 Å². The van der Waals surface area contributed by atoms with Crippen molar-refractivity contribution in [3.05, 3.63) is 77.1 Å². The second kappa shape index (κ2) is 11.0. The van der Waals surface area contributed by atoms with Crippen molar-refractivity contribution in [1.29, 1.82) is 0 Å². The topological polar surface area (TPSA) is 88.9 Å². The van der Waals surface area contributed by atoms with E-state index in [1.54, 1.807) is 6.08 Å². The summed E-state index contributed by atoms with van der Waals surface area (Å²) in [6, 6.07) is 11.7. The third kappa shape index (κ3) is 6.32. The molecule has 0 atom stereocenters. The number of para-hydroxylation sites is 1. The zero-order valence-electron chi connectivity index (χ0n) is 19.4. The van der Waals surface area contributed by atoms with Crippen molar-refractivity contribution >= 4 is 35.0 Å². The maximum atomic E-state index is 12.6. The third-order valence-electron chi connectivity index (χ3n) is 5.12. The summed E-state index contributed by atoms with van der Waals surface area (Å²) in [7, 11) is 0. The third-order valence-corrected chi connectivity index (χ3v) is 6.08. The molecule has 0 bridgehead atoms. The molecule has 0 saturated heterocycles. The number of carbonyl (C=O) groups excluding carboxylic acids is 2. The van der Waals surface area contributed by atoms with Crippen LogP contribution in [0.1, 0.15) is 28.1 Å². The number of aromatic nitrogens is 3. The second-order valence-electron chi connectivity index (χ2n) is 7.95. The Morgan fingerprint density at radius 2 is 1.70 bits per heavy atom. The Labute approximate surface area is 198 Å². The van der Waals surface area contributed by atoms with Gasteiger partial charge in [0.05, 0.1) is 12.2 Å². The number of hydrogen-bond acceptors (Lipinski definition) is 5. The number of thioether (sulfide) groups is 1. The average molecular weight is 464 g/mol. The molecule has 1 heterocycles. The lowest BCUT2D eigenvalue weighted by Crippen LogP contribution is -2.19. The van der Waals surface area contributed by atoms with E-state index in [4.69, 9.17) is 0 Å².